The predicted molar refractivity (Wildman–Crippen MR) is 105 cm³/mol. The molecule has 0 radical (unpaired) electrons. The zero-order valence-corrected chi connectivity index (χ0v) is 16.1. The van der Waals surface area contributed by atoms with Crippen LogP contribution < -0.4 is 10.5 Å². The number of halogens is 1. The van der Waals surface area contributed by atoms with Crippen molar-refractivity contribution in [3.8, 4) is 5.75 Å². The summed E-state index contributed by atoms with van der Waals surface area (Å²) < 4.78 is 23.1. The molecule has 0 bridgehead atoms. The minimum atomic E-state index is -0.618. The maximum absolute atomic E-state index is 12.4. The largest absolute Gasteiger partial charge is 0.493 e. The lowest BCUT2D eigenvalue weighted by Crippen LogP contribution is -2.37. The fourth-order valence-electron chi connectivity index (χ4n) is 2.49. The summed E-state index contributed by atoms with van der Waals surface area (Å²) in [7, 11) is 0. The number of carbonyl (C=O) groups excluding carboxylic acids is 1. The first kappa shape index (κ1) is 20.6. The average Bonchev–Trinajstić information content (AvgIpc) is 2.58. The van der Waals surface area contributed by atoms with Gasteiger partial charge >= 0.3 is 6.09 Å². The van der Waals surface area contributed by atoms with Gasteiger partial charge in [0.25, 0.3) is 0 Å². The van der Waals surface area contributed by atoms with Crippen LogP contribution in [0.5, 0.6) is 5.75 Å². The van der Waals surface area contributed by atoms with Gasteiger partial charge in [-0.05, 0) is 55.3 Å². The Hall–Kier alpha value is -2.76. The van der Waals surface area contributed by atoms with Crippen LogP contribution in [0.4, 0.5) is 9.18 Å². The van der Waals surface area contributed by atoms with Crippen LogP contribution >= 0.6 is 0 Å². The minimum Gasteiger partial charge on any atom is -0.493 e. The van der Waals surface area contributed by atoms with Gasteiger partial charge in [0.2, 0.25) is 0 Å². The maximum atomic E-state index is 12.4. The molecule has 1 amide bonds. The van der Waals surface area contributed by atoms with E-state index < -0.39 is 18.4 Å². The van der Waals surface area contributed by atoms with E-state index in [9.17, 15) is 9.18 Å². The van der Waals surface area contributed by atoms with Crippen LogP contribution in [0.15, 0.2) is 48.8 Å². The minimum absolute atomic E-state index is 0.126. The normalized spacial score (nSPS) is 11.3. The molecule has 0 heterocycles. The molecule has 0 aromatic heterocycles. The van der Waals surface area contributed by atoms with Crippen LogP contribution in [0.2, 0.25) is 0 Å². The fourth-order valence-corrected chi connectivity index (χ4v) is 2.49. The Labute approximate surface area is 159 Å². The number of hydrogen-bond donors (Lipinski definition) is 1. The van der Waals surface area contributed by atoms with E-state index in [-0.39, 0.29) is 12.4 Å². The van der Waals surface area contributed by atoms with Crippen LogP contribution in [0, 0.1) is 0 Å². The van der Waals surface area contributed by atoms with Gasteiger partial charge in [-0.25, -0.2) is 4.79 Å². The lowest BCUT2D eigenvalue weighted by atomic mass is 10.1. The fraction of sp³-hybridized carbons (Fsp3) is 0.381. The first-order chi connectivity index (χ1) is 12.7. The van der Waals surface area contributed by atoms with Crippen molar-refractivity contribution in [3.63, 3.8) is 0 Å². The molecule has 6 heteroatoms. The molecule has 5 nitrogen and oxygen atoms in total. The monoisotopic (exact) mass is 374 g/mol. The molecule has 146 valence electrons. The third kappa shape index (κ3) is 6.16. The molecule has 0 spiro atoms. The molecule has 2 rings (SSSR count). The van der Waals surface area contributed by atoms with Crippen LogP contribution in [-0.2, 0) is 11.3 Å². The Morgan fingerprint density at radius 3 is 2.48 bits per heavy atom. The van der Waals surface area contributed by atoms with E-state index in [0.29, 0.717) is 18.8 Å². The highest BCUT2D eigenvalue weighted by Crippen LogP contribution is 2.23. The standard InChI is InChI=1S/C21H27FN2O3/c1-15(23)24(20(25)27-21(2,3)4)14-16-6-7-18-13-19(26-11-5-10-22)9-8-17(18)12-16/h6-9,12-13H,1,5,10-11,14,23H2,2-4H3. The van der Waals surface area contributed by atoms with Gasteiger partial charge in [-0.15, -0.1) is 0 Å². The molecule has 0 aliphatic carbocycles. The molecule has 2 aromatic carbocycles. The number of fused-ring (bicyclic) bond motifs is 1. The molecule has 2 N–H and O–H groups in total. The molecule has 2 aromatic rings. The Kier molecular flexibility index (Phi) is 6.66. The lowest BCUT2D eigenvalue weighted by Gasteiger charge is -2.27. The molecule has 0 saturated carbocycles. The second-order valence-electron chi connectivity index (χ2n) is 7.29. The Morgan fingerprint density at radius 2 is 1.85 bits per heavy atom. The van der Waals surface area contributed by atoms with Gasteiger partial charge in [0.1, 0.15) is 17.2 Å². The summed E-state index contributed by atoms with van der Waals surface area (Å²) in [6, 6.07) is 11.5. The van der Waals surface area contributed by atoms with E-state index in [4.69, 9.17) is 15.2 Å². The van der Waals surface area contributed by atoms with Crippen LogP contribution in [0.1, 0.15) is 32.8 Å². The summed E-state index contributed by atoms with van der Waals surface area (Å²) in [5.41, 5.74) is 6.06. The van der Waals surface area contributed by atoms with Crippen molar-refractivity contribution in [2.75, 3.05) is 13.3 Å². The molecule has 27 heavy (non-hydrogen) atoms. The Balaban J connectivity index is 2.16. The van der Waals surface area contributed by atoms with Crippen LogP contribution in [-0.4, -0.2) is 29.9 Å². The van der Waals surface area contributed by atoms with Crippen molar-refractivity contribution in [3.05, 3.63) is 54.4 Å². The van der Waals surface area contributed by atoms with Gasteiger partial charge in [0, 0.05) is 6.42 Å². The average molecular weight is 374 g/mol. The molecule has 0 atom stereocenters. The number of nitrogens with zero attached hydrogens (tertiary/aromatic N) is 1. The topological polar surface area (TPSA) is 64.8 Å². The van der Waals surface area contributed by atoms with Crippen LogP contribution in [0.3, 0.4) is 0 Å². The first-order valence-electron chi connectivity index (χ1n) is 8.86. The second kappa shape index (κ2) is 8.75. The third-order valence-corrected chi connectivity index (χ3v) is 3.72. The molecular formula is C21H27FN2O3. The molecule has 0 aliphatic rings. The van der Waals surface area contributed by atoms with E-state index in [1.807, 2.05) is 36.4 Å². The molecule has 0 fully saturated rings. The van der Waals surface area contributed by atoms with E-state index in [1.165, 1.54) is 4.90 Å². The number of nitrogens with two attached hydrogens (primary N) is 1. The smallest absolute Gasteiger partial charge is 0.416 e. The van der Waals surface area contributed by atoms with Crippen LogP contribution in [0.25, 0.3) is 10.8 Å². The van der Waals surface area contributed by atoms with Gasteiger partial charge in [-0.2, -0.15) is 0 Å². The van der Waals surface area contributed by atoms with Gasteiger partial charge < -0.3 is 15.2 Å². The maximum Gasteiger partial charge on any atom is 0.416 e. The third-order valence-electron chi connectivity index (χ3n) is 3.72. The zero-order valence-electron chi connectivity index (χ0n) is 16.1. The summed E-state index contributed by atoms with van der Waals surface area (Å²) in [6.45, 7) is 9.28. The van der Waals surface area contributed by atoms with Crippen molar-refractivity contribution in [2.24, 2.45) is 5.73 Å². The van der Waals surface area contributed by atoms with Gasteiger partial charge in [-0.1, -0.05) is 24.8 Å². The Bertz CT molecular complexity index is 815. The zero-order chi connectivity index (χ0) is 20.0. The van der Waals surface area contributed by atoms with Gasteiger partial charge in [0.15, 0.2) is 0 Å². The molecule has 0 unspecified atom stereocenters. The molecule has 0 saturated heterocycles. The number of benzene rings is 2. The van der Waals surface area contributed by atoms with Gasteiger partial charge in [0.05, 0.1) is 19.8 Å². The van der Waals surface area contributed by atoms with E-state index in [0.717, 1.165) is 16.3 Å². The second-order valence-corrected chi connectivity index (χ2v) is 7.29. The summed E-state index contributed by atoms with van der Waals surface area (Å²) in [6.07, 6.45) is -0.160. The number of rotatable bonds is 7. The molecular weight excluding hydrogens is 347 g/mol. The van der Waals surface area contributed by atoms with Crippen molar-refractivity contribution in [1.82, 2.24) is 4.90 Å². The summed E-state index contributed by atoms with van der Waals surface area (Å²) in [5.74, 6) is 0.829. The SMILES string of the molecule is C=C(N)N(Cc1ccc2cc(OCCCF)ccc2c1)C(=O)OC(C)(C)C. The lowest BCUT2D eigenvalue weighted by molar-refractivity contribution is 0.0299. The highest BCUT2D eigenvalue weighted by atomic mass is 19.1. The van der Waals surface area contributed by atoms with Gasteiger partial charge in [-0.3, -0.25) is 9.29 Å². The highest BCUT2D eigenvalue weighted by molar-refractivity contribution is 5.84. The number of carbonyl (C=O) groups is 1. The predicted octanol–water partition coefficient (Wildman–Crippen LogP) is 4.75. The van der Waals surface area contributed by atoms with E-state index in [2.05, 4.69) is 6.58 Å². The first-order valence-corrected chi connectivity index (χ1v) is 8.86. The number of hydrogen-bond acceptors (Lipinski definition) is 4. The quantitative estimate of drug-likeness (QED) is 0.711. The van der Waals surface area contributed by atoms with Crippen molar-refractivity contribution >= 4 is 16.9 Å². The van der Waals surface area contributed by atoms with E-state index in [1.54, 1.807) is 20.8 Å². The number of amides is 1. The summed E-state index contributed by atoms with van der Waals surface area (Å²) in [5, 5.41) is 1.99. The summed E-state index contributed by atoms with van der Waals surface area (Å²) in [4.78, 5) is 13.7. The van der Waals surface area contributed by atoms with Crippen molar-refractivity contribution in [2.45, 2.75) is 39.3 Å². The number of alkyl halides is 1. The van der Waals surface area contributed by atoms with E-state index >= 15 is 0 Å². The summed E-state index contributed by atoms with van der Waals surface area (Å²) >= 11 is 0. The molecule has 0 aliphatic heterocycles. The van der Waals surface area contributed by atoms with Crippen molar-refractivity contribution < 1.29 is 18.7 Å². The highest BCUT2D eigenvalue weighted by Gasteiger charge is 2.23. The number of ether oxygens (including phenoxy) is 2. The van der Waals surface area contributed by atoms with Crippen molar-refractivity contribution in [1.29, 1.82) is 0 Å². The Morgan fingerprint density at radius 1 is 1.19 bits per heavy atom.